The van der Waals surface area contributed by atoms with Crippen molar-refractivity contribution in [1.29, 1.82) is 0 Å². The first-order chi connectivity index (χ1) is 27.5. The summed E-state index contributed by atoms with van der Waals surface area (Å²) in [4.78, 5) is 1.87. The Morgan fingerprint density at radius 1 is 0.346 bits per heavy atom. The van der Waals surface area contributed by atoms with Gasteiger partial charge in [-0.25, -0.2) is 0 Å². The molecule has 2 heteroatoms. The number of fused-ring (bicyclic) bond motifs is 5. The van der Waals surface area contributed by atoms with Gasteiger partial charge in [-0.2, -0.15) is 0 Å². The van der Waals surface area contributed by atoms with Gasteiger partial charge in [0.25, 0.3) is 0 Å². The molecule has 0 radical (unpaired) electrons. The molecule has 0 aliphatic heterocycles. The Hall–Kier alpha value is -6.48. The zero-order valence-electron chi connectivity index (χ0n) is 32.1. The molecule has 0 bridgehead atoms. The molecule has 0 spiro atoms. The van der Waals surface area contributed by atoms with E-state index in [9.17, 15) is 5.48 Å². The molecule has 244 valence electrons. The van der Waals surface area contributed by atoms with Crippen molar-refractivity contribution in [2.24, 2.45) is 0 Å². The van der Waals surface area contributed by atoms with Gasteiger partial charge in [0.05, 0.1) is 5.48 Å². The van der Waals surface area contributed by atoms with Crippen molar-refractivity contribution in [3.8, 4) is 33.4 Å². The van der Waals surface area contributed by atoms with E-state index in [4.69, 9.17) is 0 Å². The van der Waals surface area contributed by atoms with E-state index in [2.05, 4.69) is 103 Å². The number of anilines is 3. The summed E-state index contributed by atoms with van der Waals surface area (Å²) in [5, 5.41) is 6.66. The second kappa shape index (κ2) is 12.7. The Kier molecular flexibility index (Phi) is 6.43. The van der Waals surface area contributed by atoms with Gasteiger partial charge >= 0.3 is 0 Å². The Morgan fingerprint density at radius 3 is 1.44 bits per heavy atom. The van der Waals surface area contributed by atoms with Crippen LogP contribution in [-0.2, 0) is 0 Å². The first kappa shape index (κ1) is 26.3. The fraction of sp³-hybridized carbons (Fsp3) is 0. The molecule has 0 saturated carbocycles. The minimum atomic E-state index is -0.105. The molecule has 1 heterocycles. The van der Waals surface area contributed by atoms with Crippen molar-refractivity contribution in [1.82, 2.24) is 0 Å². The number of hydrogen-bond acceptors (Lipinski definition) is 2. The van der Waals surface area contributed by atoms with Crippen LogP contribution in [0.25, 0.3) is 75.1 Å². The molecule has 0 atom stereocenters. The van der Waals surface area contributed by atoms with E-state index in [1.807, 2.05) is 77.7 Å². The van der Waals surface area contributed by atoms with E-state index in [1.54, 1.807) is 11.3 Å². The first-order valence-electron chi connectivity index (χ1n) is 19.4. The molecule has 10 aromatic rings. The third-order valence-corrected chi connectivity index (χ3v) is 11.2. The maximum absolute atomic E-state index is 9.52. The number of thiophene rings is 1. The molecule has 1 aromatic heterocycles. The van der Waals surface area contributed by atoms with Gasteiger partial charge in [0.15, 0.2) is 0 Å². The van der Waals surface area contributed by atoms with E-state index >= 15 is 0 Å². The maximum atomic E-state index is 9.52. The largest absolute Gasteiger partial charge is 0.311 e. The molecule has 0 N–H and O–H groups in total. The molecule has 0 aliphatic rings. The van der Waals surface area contributed by atoms with Crippen LogP contribution in [0.4, 0.5) is 17.1 Å². The number of hydrogen-bond donors (Lipinski definition) is 0. The van der Waals surface area contributed by atoms with Gasteiger partial charge in [0.2, 0.25) is 0 Å². The molecule has 10 rings (SSSR count). The highest BCUT2D eigenvalue weighted by atomic mass is 32.1. The highest BCUT2D eigenvalue weighted by molar-refractivity contribution is 7.26. The number of benzene rings is 9. The van der Waals surface area contributed by atoms with Crippen LogP contribution in [0.2, 0.25) is 0 Å². The third kappa shape index (κ3) is 5.24. The highest BCUT2D eigenvalue weighted by Gasteiger charge is 2.16. The van der Waals surface area contributed by atoms with Crippen LogP contribution in [0.15, 0.2) is 200 Å². The van der Waals surface area contributed by atoms with Crippen LogP contribution < -0.4 is 4.90 Å². The molecular formula is C50H33NS. The van der Waals surface area contributed by atoms with Crippen LogP contribution in [0.1, 0.15) is 5.48 Å². The zero-order valence-corrected chi connectivity index (χ0v) is 28.9. The second-order valence-corrected chi connectivity index (χ2v) is 14.0. The summed E-state index contributed by atoms with van der Waals surface area (Å²) in [5.41, 5.74) is 6.99. The molecule has 0 amide bonds. The van der Waals surface area contributed by atoms with E-state index < -0.39 is 0 Å². The van der Waals surface area contributed by atoms with Crippen LogP contribution in [0, 0.1) is 0 Å². The summed E-state index contributed by atoms with van der Waals surface area (Å²) in [6.45, 7) is 0. The summed E-state index contributed by atoms with van der Waals surface area (Å²) in [6.07, 6.45) is 0. The van der Waals surface area contributed by atoms with Gasteiger partial charge in [-0.15, -0.1) is 11.3 Å². The van der Waals surface area contributed by atoms with Crippen LogP contribution in [0.3, 0.4) is 0 Å². The van der Waals surface area contributed by atoms with Gasteiger partial charge in [0, 0.05) is 37.2 Å². The molecule has 0 fully saturated rings. The average molecular weight is 684 g/mol. The van der Waals surface area contributed by atoms with Gasteiger partial charge in [-0.1, -0.05) is 158 Å². The Balaban J connectivity index is 1.14. The summed E-state index contributed by atoms with van der Waals surface area (Å²) in [6, 6.07) is 59.3. The molecule has 0 unspecified atom stereocenters. The monoisotopic (exact) mass is 683 g/mol. The standard InChI is InChI=1S/C50H33NS/c1-3-14-42-34(10-1)12-7-17-44(42)36-22-28-39(29-23-36)51(40-30-24-37(25-31-40)45-18-8-13-35-11-2-4-15-43(35)45)41-32-26-38(27-33-41)46-19-9-20-48-47-16-5-6-21-49(47)52-50(46)48/h1-33H/i22D,23D,28D,29D. The molecule has 9 aromatic carbocycles. The van der Waals surface area contributed by atoms with Gasteiger partial charge in [0.1, 0.15) is 0 Å². The lowest BCUT2D eigenvalue weighted by atomic mass is 9.97. The zero-order chi connectivity index (χ0) is 37.9. The van der Waals surface area contributed by atoms with Crippen molar-refractivity contribution >= 4 is 70.1 Å². The topological polar surface area (TPSA) is 3.24 Å². The summed E-state index contributed by atoms with van der Waals surface area (Å²) in [5.74, 6) is 0. The minimum Gasteiger partial charge on any atom is -0.311 e. The fourth-order valence-electron chi connectivity index (χ4n) is 7.43. The van der Waals surface area contributed by atoms with Crippen LogP contribution >= 0.6 is 11.3 Å². The quantitative estimate of drug-likeness (QED) is 0.169. The SMILES string of the molecule is [2H]c1c([2H])c(N(c2ccc(-c3cccc4ccccc34)cc2)c2ccc(-c3cccc4c3sc3ccccc34)cc2)c([2H])c([2H])c1-c1cccc2ccccc12. The molecule has 52 heavy (non-hydrogen) atoms. The lowest BCUT2D eigenvalue weighted by Crippen LogP contribution is -2.09. The van der Waals surface area contributed by atoms with Crippen molar-refractivity contribution < 1.29 is 5.48 Å². The Morgan fingerprint density at radius 2 is 0.808 bits per heavy atom. The van der Waals surface area contributed by atoms with E-state index in [0.29, 0.717) is 11.1 Å². The summed E-state index contributed by atoms with van der Waals surface area (Å²) < 4.78 is 40.3. The summed E-state index contributed by atoms with van der Waals surface area (Å²) in [7, 11) is 0. The van der Waals surface area contributed by atoms with Crippen molar-refractivity contribution in [3.63, 3.8) is 0 Å². The highest BCUT2D eigenvalue weighted by Crippen LogP contribution is 2.42. The molecular weight excluding hydrogens is 647 g/mol. The van der Waals surface area contributed by atoms with Gasteiger partial charge in [-0.3, -0.25) is 0 Å². The van der Waals surface area contributed by atoms with E-state index in [1.165, 1.54) is 20.2 Å². The smallest absolute Gasteiger partial charge is 0.0645 e. The van der Waals surface area contributed by atoms with E-state index in [-0.39, 0.29) is 29.9 Å². The first-order valence-corrected chi connectivity index (χ1v) is 18.3. The second-order valence-electron chi connectivity index (χ2n) is 13.0. The molecule has 0 aliphatic carbocycles. The fourth-order valence-corrected chi connectivity index (χ4v) is 8.67. The lowest BCUT2D eigenvalue weighted by Gasteiger charge is -2.26. The minimum absolute atomic E-state index is 0.0808. The van der Waals surface area contributed by atoms with Gasteiger partial charge < -0.3 is 4.90 Å². The summed E-state index contributed by atoms with van der Waals surface area (Å²) >= 11 is 1.79. The number of nitrogens with zero attached hydrogens (tertiary/aromatic N) is 1. The Labute approximate surface area is 312 Å². The van der Waals surface area contributed by atoms with Crippen molar-refractivity contribution in [2.45, 2.75) is 0 Å². The van der Waals surface area contributed by atoms with E-state index in [0.717, 1.165) is 55.2 Å². The number of rotatable bonds is 6. The van der Waals surface area contributed by atoms with Gasteiger partial charge in [-0.05, 0) is 97.3 Å². The van der Waals surface area contributed by atoms with Crippen molar-refractivity contribution in [3.05, 3.63) is 200 Å². The Bertz CT molecular complexity index is 3090. The maximum Gasteiger partial charge on any atom is 0.0645 e. The van der Waals surface area contributed by atoms with Crippen LogP contribution in [0.5, 0.6) is 0 Å². The molecule has 1 nitrogen and oxygen atoms in total. The normalized spacial score (nSPS) is 12.5. The lowest BCUT2D eigenvalue weighted by molar-refractivity contribution is 1.28. The van der Waals surface area contributed by atoms with Crippen molar-refractivity contribution in [2.75, 3.05) is 4.90 Å². The molecule has 0 saturated heterocycles. The predicted octanol–water partition coefficient (Wildman–Crippen LogP) is 14.8. The third-order valence-electron chi connectivity index (χ3n) is 9.96. The van der Waals surface area contributed by atoms with Crippen LogP contribution in [-0.4, -0.2) is 0 Å². The predicted molar refractivity (Wildman–Crippen MR) is 225 cm³/mol. The average Bonchev–Trinajstić information content (AvgIpc) is 3.64.